The van der Waals surface area contributed by atoms with Crippen LogP contribution in [0.2, 0.25) is 0 Å². The van der Waals surface area contributed by atoms with Crippen LogP contribution in [0, 0.1) is 17.3 Å². The fourth-order valence-corrected chi connectivity index (χ4v) is 2.66. The summed E-state index contributed by atoms with van der Waals surface area (Å²) in [4.78, 5) is 11.9. The Bertz CT molecular complexity index is 269. The Morgan fingerprint density at radius 1 is 1.50 bits per heavy atom. The molecule has 1 saturated carbocycles. The topological polar surface area (TPSA) is 41.1 Å². The number of amides is 1. The first-order chi connectivity index (χ1) is 7.50. The molecular formula is C13H24N2O. The zero-order valence-electron chi connectivity index (χ0n) is 10.7. The van der Waals surface area contributed by atoms with Crippen LogP contribution in [0.1, 0.15) is 40.0 Å². The largest absolute Gasteiger partial charge is 0.353 e. The van der Waals surface area contributed by atoms with Gasteiger partial charge in [0.15, 0.2) is 0 Å². The van der Waals surface area contributed by atoms with Crippen LogP contribution in [-0.2, 0) is 4.79 Å². The lowest BCUT2D eigenvalue weighted by molar-refractivity contribution is -0.124. The van der Waals surface area contributed by atoms with Crippen molar-refractivity contribution >= 4 is 5.91 Å². The Morgan fingerprint density at radius 2 is 2.19 bits per heavy atom. The molecule has 0 spiro atoms. The Balaban J connectivity index is 1.78. The molecule has 0 aromatic heterocycles. The van der Waals surface area contributed by atoms with E-state index in [1.165, 1.54) is 12.8 Å². The van der Waals surface area contributed by atoms with Crippen molar-refractivity contribution in [2.24, 2.45) is 17.3 Å². The third-order valence-electron chi connectivity index (χ3n) is 4.24. The first kappa shape index (κ1) is 11.9. The van der Waals surface area contributed by atoms with E-state index in [-0.39, 0.29) is 17.2 Å². The van der Waals surface area contributed by atoms with E-state index in [1.54, 1.807) is 0 Å². The highest BCUT2D eigenvalue weighted by atomic mass is 16.2. The van der Waals surface area contributed by atoms with Crippen LogP contribution in [0.4, 0.5) is 0 Å². The summed E-state index contributed by atoms with van der Waals surface area (Å²) in [5.41, 5.74) is 0.245. The summed E-state index contributed by atoms with van der Waals surface area (Å²) in [5, 5.41) is 6.59. The molecule has 1 aliphatic carbocycles. The molecule has 0 radical (unpaired) electrons. The fraction of sp³-hybridized carbons (Fsp3) is 0.923. The van der Waals surface area contributed by atoms with E-state index in [0.29, 0.717) is 12.0 Å². The molecule has 0 aromatic rings. The van der Waals surface area contributed by atoms with Gasteiger partial charge in [0.1, 0.15) is 0 Å². The molecule has 16 heavy (non-hydrogen) atoms. The number of carbonyl (C=O) groups is 1. The number of piperidine rings is 1. The minimum absolute atomic E-state index is 0.245. The highest BCUT2D eigenvalue weighted by Crippen LogP contribution is 2.51. The standard InChI is InChI=1S/C13H24N2O/c1-9(10-5-4-6-14-8-10)15-12(16)11-7-13(11,2)3/h9-11,14H,4-8H2,1-3H3,(H,15,16). The molecule has 2 fully saturated rings. The molecule has 3 heteroatoms. The van der Waals surface area contributed by atoms with Crippen LogP contribution in [-0.4, -0.2) is 25.0 Å². The Hall–Kier alpha value is -0.570. The number of nitrogens with one attached hydrogen (secondary N) is 2. The summed E-state index contributed by atoms with van der Waals surface area (Å²) < 4.78 is 0. The minimum atomic E-state index is 0.245. The minimum Gasteiger partial charge on any atom is -0.353 e. The maximum atomic E-state index is 11.9. The summed E-state index contributed by atoms with van der Waals surface area (Å²) in [6.07, 6.45) is 3.52. The smallest absolute Gasteiger partial charge is 0.223 e. The Labute approximate surface area is 98.4 Å². The van der Waals surface area contributed by atoms with Gasteiger partial charge in [-0.05, 0) is 50.6 Å². The Morgan fingerprint density at radius 3 is 2.69 bits per heavy atom. The first-order valence-electron chi connectivity index (χ1n) is 6.52. The average molecular weight is 224 g/mol. The van der Waals surface area contributed by atoms with Gasteiger partial charge in [0.05, 0.1) is 0 Å². The molecule has 3 nitrogen and oxygen atoms in total. The van der Waals surface area contributed by atoms with Gasteiger partial charge in [-0.15, -0.1) is 0 Å². The molecular weight excluding hydrogens is 200 g/mol. The van der Waals surface area contributed by atoms with E-state index in [0.717, 1.165) is 19.5 Å². The summed E-state index contributed by atoms with van der Waals surface area (Å²) in [6.45, 7) is 8.67. The molecule has 1 aliphatic heterocycles. The van der Waals surface area contributed by atoms with Gasteiger partial charge in [0.25, 0.3) is 0 Å². The summed E-state index contributed by atoms with van der Waals surface area (Å²) >= 11 is 0. The zero-order valence-corrected chi connectivity index (χ0v) is 10.7. The monoisotopic (exact) mass is 224 g/mol. The van der Waals surface area contributed by atoms with Gasteiger partial charge < -0.3 is 10.6 Å². The number of rotatable bonds is 3. The predicted octanol–water partition coefficient (Wildman–Crippen LogP) is 1.54. The maximum Gasteiger partial charge on any atom is 0.223 e. The van der Waals surface area contributed by atoms with Crippen LogP contribution in [0.25, 0.3) is 0 Å². The second-order valence-electron chi connectivity index (χ2n) is 6.15. The van der Waals surface area contributed by atoms with Crippen LogP contribution < -0.4 is 10.6 Å². The Kier molecular flexibility index (Phi) is 3.24. The van der Waals surface area contributed by atoms with Crippen molar-refractivity contribution in [3.63, 3.8) is 0 Å². The van der Waals surface area contributed by atoms with E-state index >= 15 is 0 Å². The molecule has 92 valence electrons. The van der Waals surface area contributed by atoms with Crippen LogP contribution in [0.5, 0.6) is 0 Å². The van der Waals surface area contributed by atoms with E-state index in [2.05, 4.69) is 31.4 Å². The van der Waals surface area contributed by atoms with E-state index < -0.39 is 0 Å². The zero-order chi connectivity index (χ0) is 11.8. The van der Waals surface area contributed by atoms with Crippen molar-refractivity contribution in [2.45, 2.75) is 46.1 Å². The normalized spacial score (nSPS) is 34.2. The van der Waals surface area contributed by atoms with Gasteiger partial charge in [-0.1, -0.05) is 13.8 Å². The van der Waals surface area contributed by atoms with Crippen molar-refractivity contribution in [2.75, 3.05) is 13.1 Å². The van der Waals surface area contributed by atoms with Gasteiger partial charge in [0.2, 0.25) is 5.91 Å². The van der Waals surface area contributed by atoms with Crippen molar-refractivity contribution in [1.29, 1.82) is 0 Å². The lowest BCUT2D eigenvalue weighted by Crippen LogP contribution is -2.45. The second kappa shape index (κ2) is 4.36. The average Bonchev–Trinajstić information content (AvgIpc) is 2.89. The van der Waals surface area contributed by atoms with Crippen molar-refractivity contribution in [3.05, 3.63) is 0 Å². The highest BCUT2D eigenvalue weighted by Gasteiger charge is 2.50. The third-order valence-corrected chi connectivity index (χ3v) is 4.24. The van der Waals surface area contributed by atoms with Crippen molar-refractivity contribution < 1.29 is 4.79 Å². The molecule has 2 N–H and O–H groups in total. The highest BCUT2D eigenvalue weighted by molar-refractivity contribution is 5.82. The lowest BCUT2D eigenvalue weighted by atomic mass is 9.92. The van der Waals surface area contributed by atoms with Crippen LogP contribution in [0.3, 0.4) is 0 Å². The quantitative estimate of drug-likeness (QED) is 0.763. The van der Waals surface area contributed by atoms with E-state index in [1.807, 2.05) is 0 Å². The summed E-state index contributed by atoms with van der Waals surface area (Å²) in [6, 6.07) is 0.316. The van der Waals surface area contributed by atoms with E-state index in [4.69, 9.17) is 0 Å². The van der Waals surface area contributed by atoms with Crippen molar-refractivity contribution in [3.8, 4) is 0 Å². The fourth-order valence-electron chi connectivity index (χ4n) is 2.66. The van der Waals surface area contributed by atoms with Crippen LogP contribution in [0.15, 0.2) is 0 Å². The molecule has 0 aromatic carbocycles. The number of carbonyl (C=O) groups excluding carboxylic acids is 1. The predicted molar refractivity (Wildman–Crippen MR) is 65.1 cm³/mol. The van der Waals surface area contributed by atoms with Gasteiger partial charge in [-0.2, -0.15) is 0 Å². The molecule has 3 unspecified atom stereocenters. The second-order valence-corrected chi connectivity index (χ2v) is 6.15. The maximum absolute atomic E-state index is 11.9. The number of hydrogen-bond donors (Lipinski definition) is 2. The third kappa shape index (κ3) is 2.57. The lowest BCUT2D eigenvalue weighted by Gasteiger charge is -2.29. The molecule has 3 atom stereocenters. The van der Waals surface area contributed by atoms with Crippen LogP contribution >= 0.6 is 0 Å². The van der Waals surface area contributed by atoms with Gasteiger partial charge in [-0.3, -0.25) is 4.79 Å². The molecule has 2 aliphatic rings. The molecule has 1 amide bonds. The molecule has 1 heterocycles. The number of hydrogen-bond acceptors (Lipinski definition) is 2. The SMILES string of the molecule is CC(NC(=O)C1CC1(C)C)C1CCCNC1. The summed E-state index contributed by atoms with van der Waals surface area (Å²) in [7, 11) is 0. The van der Waals surface area contributed by atoms with Gasteiger partial charge in [0, 0.05) is 12.0 Å². The molecule has 1 saturated heterocycles. The van der Waals surface area contributed by atoms with E-state index in [9.17, 15) is 4.79 Å². The molecule has 0 bridgehead atoms. The van der Waals surface area contributed by atoms with Crippen molar-refractivity contribution in [1.82, 2.24) is 10.6 Å². The molecule has 2 rings (SSSR count). The first-order valence-corrected chi connectivity index (χ1v) is 6.52. The van der Waals surface area contributed by atoms with Gasteiger partial charge in [-0.25, -0.2) is 0 Å². The van der Waals surface area contributed by atoms with Gasteiger partial charge >= 0.3 is 0 Å². The summed E-state index contributed by atoms with van der Waals surface area (Å²) in [5.74, 6) is 1.13.